The molecule has 5 heteroatoms. The van der Waals surface area contributed by atoms with Crippen molar-refractivity contribution in [3.8, 4) is 11.5 Å². The molecule has 17 heavy (non-hydrogen) atoms. The van der Waals surface area contributed by atoms with Crippen LogP contribution in [-0.4, -0.2) is 19.9 Å². The highest BCUT2D eigenvalue weighted by molar-refractivity contribution is 6.29. The van der Waals surface area contributed by atoms with Gasteiger partial charge in [0.2, 0.25) is 0 Å². The molecule has 0 radical (unpaired) electrons. The summed E-state index contributed by atoms with van der Waals surface area (Å²) in [5.74, 6) is 1.08. The lowest BCUT2D eigenvalue weighted by molar-refractivity contribution is 0.634. The highest BCUT2D eigenvalue weighted by Crippen LogP contribution is 2.17. The van der Waals surface area contributed by atoms with E-state index in [2.05, 4.69) is 33.8 Å². The fourth-order valence-corrected chi connectivity index (χ4v) is 1.73. The van der Waals surface area contributed by atoms with Crippen LogP contribution >= 0.6 is 11.6 Å². The monoisotopic (exact) mass is 248 g/mol. The summed E-state index contributed by atoms with van der Waals surface area (Å²) >= 11 is 5.99. The maximum atomic E-state index is 5.99. The summed E-state index contributed by atoms with van der Waals surface area (Å²) in [4.78, 5) is 16.6. The number of rotatable bonds is 3. The van der Waals surface area contributed by atoms with Crippen molar-refractivity contribution in [3.05, 3.63) is 35.5 Å². The molecular weight excluding hydrogens is 236 g/mol. The summed E-state index contributed by atoms with van der Waals surface area (Å²) in [5, 5.41) is 0.448. The molecule has 0 aliphatic heterocycles. The van der Waals surface area contributed by atoms with E-state index in [-0.39, 0.29) is 0 Å². The van der Waals surface area contributed by atoms with Gasteiger partial charge in [0.1, 0.15) is 17.2 Å². The third-order valence-corrected chi connectivity index (χ3v) is 2.37. The zero-order chi connectivity index (χ0) is 12.3. The summed E-state index contributed by atoms with van der Waals surface area (Å²) in [6.07, 6.45) is 4.01. The van der Waals surface area contributed by atoms with Crippen LogP contribution in [0.15, 0.2) is 24.7 Å². The van der Waals surface area contributed by atoms with Crippen LogP contribution in [0, 0.1) is 5.92 Å². The van der Waals surface area contributed by atoms with E-state index in [0.717, 1.165) is 12.1 Å². The molecule has 0 aliphatic rings. The summed E-state index contributed by atoms with van der Waals surface area (Å²) in [5.41, 5.74) is 1.63. The average Bonchev–Trinajstić information content (AvgIpc) is 2.28. The molecule has 2 aromatic rings. The number of halogens is 1. The summed E-state index contributed by atoms with van der Waals surface area (Å²) < 4.78 is 0. The van der Waals surface area contributed by atoms with Crippen molar-refractivity contribution in [1.29, 1.82) is 0 Å². The van der Waals surface area contributed by atoms with Crippen molar-refractivity contribution in [1.82, 2.24) is 19.9 Å². The predicted molar refractivity (Wildman–Crippen MR) is 66.6 cm³/mol. The van der Waals surface area contributed by atoms with E-state index in [1.54, 1.807) is 18.3 Å². The Balaban J connectivity index is 2.38. The maximum absolute atomic E-state index is 5.99. The van der Waals surface area contributed by atoms with Crippen molar-refractivity contribution in [2.75, 3.05) is 0 Å². The van der Waals surface area contributed by atoms with Gasteiger partial charge in [-0.25, -0.2) is 19.9 Å². The van der Waals surface area contributed by atoms with Gasteiger partial charge >= 0.3 is 0 Å². The molecule has 0 fully saturated rings. The normalized spacial score (nSPS) is 10.8. The van der Waals surface area contributed by atoms with E-state index >= 15 is 0 Å². The second kappa shape index (κ2) is 5.19. The maximum Gasteiger partial charge on any atom is 0.179 e. The molecular formula is C12H13ClN4. The Morgan fingerprint density at radius 2 is 2.12 bits per heavy atom. The van der Waals surface area contributed by atoms with Crippen LogP contribution in [0.3, 0.4) is 0 Å². The largest absolute Gasteiger partial charge is 0.245 e. The minimum atomic E-state index is 0.448. The standard InChI is InChI=1S/C12H13ClN4/c1-8(2)5-9-6-11(13)17-12(16-9)10-3-4-14-7-15-10/h3-4,6-8H,5H2,1-2H3. The van der Waals surface area contributed by atoms with Gasteiger partial charge in [-0.2, -0.15) is 0 Å². The number of nitrogens with zero attached hydrogens (tertiary/aromatic N) is 4. The predicted octanol–water partition coefficient (Wildman–Crippen LogP) is 2.79. The highest BCUT2D eigenvalue weighted by Gasteiger charge is 2.08. The SMILES string of the molecule is CC(C)Cc1cc(Cl)nc(-c2ccncn2)n1. The molecule has 0 bridgehead atoms. The Kier molecular flexibility index (Phi) is 3.64. The van der Waals surface area contributed by atoms with Crippen molar-refractivity contribution < 1.29 is 0 Å². The zero-order valence-corrected chi connectivity index (χ0v) is 10.5. The van der Waals surface area contributed by atoms with Crippen LogP contribution in [0.25, 0.3) is 11.5 Å². The van der Waals surface area contributed by atoms with E-state index in [1.165, 1.54) is 6.33 Å². The molecule has 2 heterocycles. The first-order valence-electron chi connectivity index (χ1n) is 5.45. The van der Waals surface area contributed by atoms with Crippen LogP contribution in [-0.2, 0) is 6.42 Å². The van der Waals surface area contributed by atoms with Crippen LogP contribution in [0.5, 0.6) is 0 Å². The summed E-state index contributed by atoms with van der Waals surface area (Å²) in [7, 11) is 0. The molecule has 4 nitrogen and oxygen atoms in total. The molecule has 2 aromatic heterocycles. The van der Waals surface area contributed by atoms with Crippen molar-refractivity contribution in [2.45, 2.75) is 20.3 Å². The van der Waals surface area contributed by atoms with Gasteiger partial charge < -0.3 is 0 Å². The first kappa shape index (κ1) is 11.9. The fraction of sp³-hybridized carbons (Fsp3) is 0.333. The van der Waals surface area contributed by atoms with E-state index in [0.29, 0.717) is 22.6 Å². The lowest BCUT2D eigenvalue weighted by Gasteiger charge is -2.06. The lowest BCUT2D eigenvalue weighted by atomic mass is 10.1. The number of hydrogen-bond donors (Lipinski definition) is 0. The third kappa shape index (κ3) is 3.20. The first-order valence-corrected chi connectivity index (χ1v) is 5.83. The lowest BCUT2D eigenvalue weighted by Crippen LogP contribution is -2.01. The molecule has 0 aromatic carbocycles. The van der Waals surface area contributed by atoms with Crippen molar-refractivity contribution >= 4 is 11.6 Å². The van der Waals surface area contributed by atoms with Gasteiger partial charge in [-0.05, 0) is 24.5 Å². The van der Waals surface area contributed by atoms with Crippen LogP contribution in [0.2, 0.25) is 5.15 Å². The molecule has 0 unspecified atom stereocenters. The van der Waals surface area contributed by atoms with Crippen molar-refractivity contribution in [3.63, 3.8) is 0 Å². The molecule has 0 spiro atoms. The molecule has 0 atom stereocenters. The Morgan fingerprint density at radius 3 is 2.76 bits per heavy atom. The minimum absolute atomic E-state index is 0.448. The number of hydrogen-bond acceptors (Lipinski definition) is 4. The Morgan fingerprint density at radius 1 is 1.29 bits per heavy atom. The highest BCUT2D eigenvalue weighted by atomic mass is 35.5. The van der Waals surface area contributed by atoms with Crippen LogP contribution in [0.1, 0.15) is 19.5 Å². The Hall–Kier alpha value is -1.55. The molecule has 2 rings (SSSR count). The van der Waals surface area contributed by atoms with Gasteiger partial charge in [-0.1, -0.05) is 25.4 Å². The molecule has 0 saturated carbocycles. The van der Waals surface area contributed by atoms with Gasteiger partial charge in [-0.15, -0.1) is 0 Å². The van der Waals surface area contributed by atoms with Crippen LogP contribution in [0.4, 0.5) is 0 Å². The molecule has 0 amide bonds. The minimum Gasteiger partial charge on any atom is -0.245 e. The van der Waals surface area contributed by atoms with Gasteiger partial charge in [0.05, 0.1) is 0 Å². The topological polar surface area (TPSA) is 51.6 Å². The van der Waals surface area contributed by atoms with Crippen molar-refractivity contribution in [2.24, 2.45) is 5.92 Å². The molecule has 0 N–H and O–H groups in total. The molecule has 0 aliphatic carbocycles. The molecule has 0 saturated heterocycles. The average molecular weight is 249 g/mol. The van der Waals surface area contributed by atoms with Gasteiger partial charge in [0, 0.05) is 11.9 Å². The Labute approximate surface area is 105 Å². The zero-order valence-electron chi connectivity index (χ0n) is 9.76. The summed E-state index contributed by atoms with van der Waals surface area (Å²) in [6.45, 7) is 4.28. The fourth-order valence-electron chi connectivity index (χ4n) is 1.52. The quantitative estimate of drug-likeness (QED) is 0.784. The Bertz CT molecular complexity index is 499. The first-order chi connectivity index (χ1) is 8.15. The van der Waals surface area contributed by atoms with E-state index in [9.17, 15) is 0 Å². The second-order valence-corrected chi connectivity index (χ2v) is 4.59. The van der Waals surface area contributed by atoms with E-state index in [1.807, 2.05) is 0 Å². The van der Waals surface area contributed by atoms with Gasteiger partial charge in [-0.3, -0.25) is 0 Å². The van der Waals surface area contributed by atoms with Gasteiger partial charge in [0.25, 0.3) is 0 Å². The summed E-state index contributed by atoms with van der Waals surface area (Å²) in [6, 6.07) is 3.57. The van der Waals surface area contributed by atoms with Gasteiger partial charge in [0.15, 0.2) is 5.82 Å². The third-order valence-electron chi connectivity index (χ3n) is 2.18. The van der Waals surface area contributed by atoms with E-state index in [4.69, 9.17) is 11.6 Å². The number of aromatic nitrogens is 4. The molecule has 88 valence electrons. The van der Waals surface area contributed by atoms with Crippen LogP contribution < -0.4 is 0 Å². The van der Waals surface area contributed by atoms with E-state index < -0.39 is 0 Å². The smallest absolute Gasteiger partial charge is 0.179 e. The second-order valence-electron chi connectivity index (χ2n) is 4.20.